The van der Waals surface area contributed by atoms with Gasteiger partial charge in [0.15, 0.2) is 0 Å². The van der Waals surface area contributed by atoms with Gasteiger partial charge in [-0.05, 0) is 5.41 Å². The highest BCUT2D eigenvalue weighted by atomic mass is 127. The van der Waals surface area contributed by atoms with Crippen molar-refractivity contribution in [3.63, 3.8) is 0 Å². The van der Waals surface area contributed by atoms with Gasteiger partial charge in [-0.15, -0.1) is 0 Å². The Balaban J connectivity index is 3.37. The molecule has 1 rings (SSSR count). The van der Waals surface area contributed by atoms with Crippen molar-refractivity contribution in [1.29, 1.82) is 0 Å². The lowest BCUT2D eigenvalue weighted by atomic mass is 9.89. The Labute approximate surface area is 85.3 Å². The minimum absolute atomic E-state index is 0.0260. The molecule has 1 aromatic heterocycles. The molecule has 1 aromatic rings. The fraction of sp³-hybridized carbons (Fsp3) is 0.500. The summed E-state index contributed by atoms with van der Waals surface area (Å²) in [5.41, 5.74) is 0.649. The first-order valence-corrected chi connectivity index (χ1v) is 4.62. The zero-order valence-corrected chi connectivity index (χ0v) is 9.49. The van der Waals surface area contributed by atoms with E-state index in [-0.39, 0.29) is 11.0 Å². The minimum atomic E-state index is -0.127. The van der Waals surface area contributed by atoms with Gasteiger partial charge in [-0.2, -0.15) is 0 Å². The van der Waals surface area contributed by atoms with Gasteiger partial charge in [0, 0.05) is 11.8 Å². The number of nitrogens with zero attached hydrogens (tertiary/aromatic N) is 2. The maximum absolute atomic E-state index is 11.5. The molecule has 0 spiro atoms. The molecule has 0 saturated carbocycles. The summed E-state index contributed by atoms with van der Waals surface area (Å²) in [7, 11) is 0. The van der Waals surface area contributed by atoms with E-state index in [4.69, 9.17) is 0 Å². The fourth-order valence-corrected chi connectivity index (χ4v) is 1.31. The van der Waals surface area contributed by atoms with E-state index in [9.17, 15) is 4.79 Å². The molecule has 0 aromatic carbocycles. The maximum Gasteiger partial charge on any atom is 0.265 e. The van der Waals surface area contributed by atoms with E-state index in [2.05, 4.69) is 4.98 Å². The van der Waals surface area contributed by atoms with E-state index in [1.165, 1.54) is 9.11 Å². The standard InChI is InChI=1S/C8H11IN2O/c1-8(2,3)6-4-10-5-11(9)7(6)12/h4-5H,1-3H3. The van der Waals surface area contributed by atoms with Crippen LogP contribution in [0.15, 0.2) is 17.3 Å². The van der Waals surface area contributed by atoms with Crippen molar-refractivity contribution in [2.24, 2.45) is 0 Å². The Hall–Kier alpha value is -0.390. The van der Waals surface area contributed by atoms with Crippen molar-refractivity contribution in [3.05, 3.63) is 28.4 Å². The smallest absolute Gasteiger partial charge is 0.265 e. The molecule has 0 atom stereocenters. The van der Waals surface area contributed by atoms with Crippen LogP contribution in [0.2, 0.25) is 0 Å². The molecule has 0 aliphatic carbocycles. The SMILES string of the molecule is CC(C)(C)c1cncn(I)c1=O. The zero-order chi connectivity index (χ0) is 9.35. The lowest BCUT2D eigenvalue weighted by molar-refractivity contribution is 0.577. The second-order valence-corrected chi connectivity index (χ2v) is 4.71. The molecule has 0 aliphatic rings. The lowest BCUT2D eigenvalue weighted by Crippen LogP contribution is -2.27. The van der Waals surface area contributed by atoms with Gasteiger partial charge in [-0.3, -0.25) is 4.79 Å². The topological polar surface area (TPSA) is 34.9 Å². The lowest BCUT2D eigenvalue weighted by Gasteiger charge is -2.16. The Morgan fingerprint density at radius 3 is 2.50 bits per heavy atom. The van der Waals surface area contributed by atoms with Crippen molar-refractivity contribution in [1.82, 2.24) is 7.76 Å². The molecule has 1 heterocycles. The van der Waals surface area contributed by atoms with E-state index in [1.807, 2.05) is 43.6 Å². The molecule has 0 fully saturated rings. The molecule has 0 saturated heterocycles. The number of aromatic nitrogens is 2. The summed E-state index contributed by atoms with van der Waals surface area (Å²) in [5, 5.41) is 0. The maximum atomic E-state index is 11.5. The van der Waals surface area contributed by atoms with Crippen molar-refractivity contribution in [2.45, 2.75) is 26.2 Å². The third-order valence-electron chi connectivity index (χ3n) is 1.60. The van der Waals surface area contributed by atoms with E-state index in [0.717, 1.165) is 5.56 Å². The van der Waals surface area contributed by atoms with E-state index in [0.29, 0.717) is 0 Å². The number of rotatable bonds is 0. The number of halogens is 1. The molecule has 0 unspecified atom stereocenters. The summed E-state index contributed by atoms with van der Waals surface area (Å²) in [4.78, 5) is 15.5. The van der Waals surface area contributed by atoms with Crippen LogP contribution in [-0.2, 0) is 5.41 Å². The fourth-order valence-electron chi connectivity index (χ4n) is 0.904. The van der Waals surface area contributed by atoms with Gasteiger partial charge < -0.3 is 0 Å². The molecule has 4 heteroatoms. The number of hydrogen-bond acceptors (Lipinski definition) is 2. The van der Waals surface area contributed by atoms with Crippen molar-refractivity contribution >= 4 is 22.9 Å². The molecule has 0 amide bonds. The molecule has 12 heavy (non-hydrogen) atoms. The largest absolute Gasteiger partial charge is 0.268 e. The quantitative estimate of drug-likeness (QED) is 0.677. The van der Waals surface area contributed by atoms with Crippen molar-refractivity contribution in [3.8, 4) is 0 Å². The van der Waals surface area contributed by atoms with Crippen LogP contribution in [0.3, 0.4) is 0 Å². The predicted octanol–water partition coefficient (Wildman–Crippen LogP) is 1.74. The van der Waals surface area contributed by atoms with Crippen LogP contribution in [-0.4, -0.2) is 7.76 Å². The first-order valence-electron chi connectivity index (χ1n) is 3.66. The van der Waals surface area contributed by atoms with Gasteiger partial charge >= 0.3 is 0 Å². The first kappa shape index (κ1) is 9.70. The summed E-state index contributed by atoms with van der Waals surface area (Å²) in [5.74, 6) is 0. The van der Waals surface area contributed by atoms with Crippen LogP contribution in [0.5, 0.6) is 0 Å². The van der Waals surface area contributed by atoms with Crippen LogP contribution in [0.4, 0.5) is 0 Å². The highest BCUT2D eigenvalue weighted by Crippen LogP contribution is 2.17. The van der Waals surface area contributed by atoms with Gasteiger partial charge in [-0.25, -0.2) is 7.76 Å². The summed E-state index contributed by atoms with van der Waals surface area (Å²) < 4.78 is 1.47. The minimum Gasteiger partial charge on any atom is -0.268 e. The molecule has 3 nitrogen and oxygen atoms in total. The Morgan fingerprint density at radius 2 is 2.08 bits per heavy atom. The number of hydrogen-bond donors (Lipinski definition) is 0. The second kappa shape index (κ2) is 3.16. The van der Waals surface area contributed by atoms with Gasteiger partial charge in [0.2, 0.25) is 0 Å². The van der Waals surface area contributed by atoms with Gasteiger partial charge in [0.05, 0.1) is 22.9 Å². The van der Waals surface area contributed by atoms with Crippen LogP contribution in [0.25, 0.3) is 0 Å². The Kier molecular flexibility index (Phi) is 2.55. The molecular weight excluding hydrogens is 267 g/mol. The molecule has 0 bridgehead atoms. The summed E-state index contributed by atoms with van der Waals surface area (Å²) in [6.07, 6.45) is 3.15. The molecular formula is C8H11IN2O. The van der Waals surface area contributed by atoms with E-state index >= 15 is 0 Å². The first-order chi connectivity index (χ1) is 5.43. The molecule has 0 aliphatic heterocycles. The monoisotopic (exact) mass is 278 g/mol. The van der Waals surface area contributed by atoms with Gasteiger partial charge in [0.25, 0.3) is 5.56 Å². The summed E-state index contributed by atoms with van der Waals surface area (Å²) in [6, 6.07) is 0. The molecule has 0 N–H and O–H groups in total. The van der Waals surface area contributed by atoms with Gasteiger partial charge in [0.1, 0.15) is 6.33 Å². The average Bonchev–Trinajstić information content (AvgIpc) is 1.92. The third-order valence-corrected chi connectivity index (χ3v) is 2.29. The predicted molar refractivity (Wildman–Crippen MR) is 56.6 cm³/mol. The molecule has 0 radical (unpaired) electrons. The normalized spacial score (nSPS) is 11.7. The average molecular weight is 278 g/mol. The highest BCUT2D eigenvalue weighted by Gasteiger charge is 2.18. The summed E-state index contributed by atoms with van der Waals surface area (Å²) >= 11 is 1.93. The van der Waals surface area contributed by atoms with Crippen LogP contribution in [0, 0.1) is 0 Å². The van der Waals surface area contributed by atoms with E-state index in [1.54, 1.807) is 6.20 Å². The third kappa shape index (κ3) is 1.85. The van der Waals surface area contributed by atoms with E-state index < -0.39 is 0 Å². The zero-order valence-electron chi connectivity index (χ0n) is 7.34. The Bertz CT molecular complexity index is 338. The van der Waals surface area contributed by atoms with Crippen LogP contribution in [0.1, 0.15) is 26.3 Å². The molecule has 66 valence electrons. The van der Waals surface area contributed by atoms with Crippen LogP contribution < -0.4 is 5.56 Å². The van der Waals surface area contributed by atoms with Crippen molar-refractivity contribution < 1.29 is 0 Å². The van der Waals surface area contributed by atoms with Crippen LogP contribution >= 0.6 is 22.9 Å². The van der Waals surface area contributed by atoms with Crippen molar-refractivity contribution in [2.75, 3.05) is 0 Å². The van der Waals surface area contributed by atoms with Gasteiger partial charge in [-0.1, -0.05) is 20.8 Å². The summed E-state index contributed by atoms with van der Waals surface area (Å²) in [6.45, 7) is 6.01. The Morgan fingerprint density at radius 1 is 1.50 bits per heavy atom. The highest BCUT2D eigenvalue weighted by molar-refractivity contribution is 14.1. The second-order valence-electron chi connectivity index (χ2n) is 3.67.